The Bertz CT molecular complexity index is 396. The molecule has 0 aliphatic heterocycles. The predicted molar refractivity (Wildman–Crippen MR) is 77.5 cm³/mol. The molecule has 0 aliphatic carbocycles. The molecule has 0 atom stereocenters. The van der Waals surface area contributed by atoms with Crippen molar-refractivity contribution in [1.82, 2.24) is 9.88 Å². The Morgan fingerprint density at radius 2 is 2.28 bits per heavy atom. The number of ether oxygens (including phenoxy) is 1. The van der Waals surface area contributed by atoms with E-state index >= 15 is 0 Å². The molecule has 1 aromatic heterocycles. The van der Waals surface area contributed by atoms with Crippen LogP contribution in [0, 0.1) is 0 Å². The molecule has 0 bridgehead atoms. The van der Waals surface area contributed by atoms with E-state index in [1.807, 2.05) is 12.1 Å². The molecule has 0 fully saturated rings. The molecule has 0 aromatic carbocycles. The summed E-state index contributed by atoms with van der Waals surface area (Å²) < 4.78 is 5.13. The minimum absolute atomic E-state index is 0.338. The largest absolute Gasteiger partial charge is 0.388 e. The highest BCUT2D eigenvalue weighted by Crippen LogP contribution is 2.09. The maximum absolute atomic E-state index is 5.59. The van der Waals surface area contributed by atoms with E-state index < -0.39 is 0 Å². The summed E-state index contributed by atoms with van der Waals surface area (Å²) >= 11 is 4.94. The third kappa shape index (κ3) is 4.68. The van der Waals surface area contributed by atoms with Gasteiger partial charge in [-0.05, 0) is 31.5 Å². The lowest BCUT2D eigenvalue weighted by atomic mass is 10.2. The fourth-order valence-corrected chi connectivity index (χ4v) is 1.78. The van der Waals surface area contributed by atoms with E-state index in [-0.39, 0.29) is 0 Å². The Morgan fingerprint density at radius 3 is 2.83 bits per heavy atom. The summed E-state index contributed by atoms with van der Waals surface area (Å²) in [5, 5.41) is 0. The number of hydrogen-bond donors (Lipinski definition) is 1. The molecule has 0 unspecified atom stereocenters. The minimum Gasteiger partial charge on any atom is -0.388 e. The fourth-order valence-electron chi connectivity index (χ4n) is 1.67. The second-order valence-corrected chi connectivity index (χ2v) is 4.91. The maximum Gasteiger partial charge on any atom is 0.122 e. The monoisotopic (exact) mass is 267 g/mol. The Labute approximate surface area is 114 Å². The lowest BCUT2D eigenvalue weighted by Gasteiger charge is -2.26. The zero-order chi connectivity index (χ0) is 13.5. The van der Waals surface area contributed by atoms with Crippen LogP contribution in [-0.4, -0.2) is 41.2 Å². The summed E-state index contributed by atoms with van der Waals surface area (Å²) in [5.74, 6) is 0. The molecule has 0 saturated carbocycles. The summed E-state index contributed by atoms with van der Waals surface area (Å²) in [6, 6.07) is 4.40. The zero-order valence-electron chi connectivity index (χ0n) is 11.2. The molecule has 0 aliphatic rings. The average Bonchev–Trinajstić information content (AvgIpc) is 2.34. The number of thiocarbonyl (C=S) groups is 1. The molecule has 18 heavy (non-hydrogen) atoms. The average molecular weight is 267 g/mol. The molecule has 0 saturated heterocycles. The van der Waals surface area contributed by atoms with Gasteiger partial charge in [-0.25, -0.2) is 0 Å². The molecule has 2 N–H and O–H groups in total. The number of nitrogens with zero attached hydrogens (tertiary/aromatic N) is 2. The molecular weight excluding hydrogens is 246 g/mol. The summed E-state index contributed by atoms with van der Waals surface area (Å²) in [7, 11) is 1.72. The van der Waals surface area contributed by atoms with Crippen molar-refractivity contribution in [3.63, 3.8) is 0 Å². The van der Waals surface area contributed by atoms with Crippen LogP contribution in [0.1, 0.15) is 25.1 Å². The predicted octanol–water partition coefficient (Wildman–Crippen LogP) is 1.57. The van der Waals surface area contributed by atoms with Crippen molar-refractivity contribution < 1.29 is 4.74 Å². The Balaban J connectivity index is 2.73. The van der Waals surface area contributed by atoms with Crippen LogP contribution < -0.4 is 5.73 Å². The SMILES string of the molecule is COCCN(Cc1ccnc(C(N)=S)c1)C(C)C. The topological polar surface area (TPSA) is 51.4 Å². The fraction of sp³-hybridized carbons (Fsp3) is 0.538. The number of methoxy groups -OCH3 is 1. The van der Waals surface area contributed by atoms with Gasteiger partial charge in [0.05, 0.1) is 12.3 Å². The molecule has 1 rings (SSSR count). The zero-order valence-corrected chi connectivity index (χ0v) is 12.0. The van der Waals surface area contributed by atoms with Crippen molar-refractivity contribution in [3.8, 4) is 0 Å². The van der Waals surface area contributed by atoms with Gasteiger partial charge in [0, 0.05) is 32.4 Å². The van der Waals surface area contributed by atoms with E-state index in [2.05, 4.69) is 23.7 Å². The second-order valence-electron chi connectivity index (χ2n) is 4.47. The van der Waals surface area contributed by atoms with Crippen molar-refractivity contribution in [1.29, 1.82) is 0 Å². The van der Waals surface area contributed by atoms with Crippen molar-refractivity contribution >= 4 is 17.2 Å². The van der Waals surface area contributed by atoms with E-state index in [0.717, 1.165) is 25.3 Å². The number of rotatable bonds is 7. The number of nitrogens with two attached hydrogens (primary N) is 1. The van der Waals surface area contributed by atoms with Gasteiger partial charge in [0.15, 0.2) is 0 Å². The van der Waals surface area contributed by atoms with Gasteiger partial charge in [-0.15, -0.1) is 0 Å². The maximum atomic E-state index is 5.59. The van der Waals surface area contributed by atoms with Gasteiger partial charge in [-0.2, -0.15) is 0 Å². The number of hydrogen-bond acceptors (Lipinski definition) is 4. The molecule has 1 aromatic rings. The highest BCUT2D eigenvalue weighted by atomic mass is 32.1. The van der Waals surface area contributed by atoms with Crippen LogP contribution in [0.3, 0.4) is 0 Å². The molecule has 0 amide bonds. The number of aromatic nitrogens is 1. The van der Waals surface area contributed by atoms with Gasteiger partial charge >= 0.3 is 0 Å². The van der Waals surface area contributed by atoms with E-state index in [1.54, 1.807) is 13.3 Å². The van der Waals surface area contributed by atoms with Crippen molar-refractivity contribution in [2.45, 2.75) is 26.4 Å². The Hall–Kier alpha value is -1.04. The highest BCUT2D eigenvalue weighted by molar-refractivity contribution is 7.80. The first-order valence-electron chi connectivity index (χ1n) is 6.02. The van der Waals surface area contributed by atoms with Gasteiger partial charge in [-0.1, -0.05) is 12.2 Å². The third-order valence-electron chi connectivity index (χ3n) is 2.78. The molecule has 0 radical (unpaired) electrons. The minimum atomic E-state index is 0.338. The van der Waals surface area contributed by atoms with E-state index in [0.29, 0.717) is 16.7 Å². The van der Waals surface area contributed by atoms with Crippen molar-refractivity contribution in [2.75, 3.05) is 20.3 Å². The van der Waals surface area contributed by atoms with Crippen LogP contribution in [-0.2, 0) is 11.3 Å². The number of pyridine rings is 1. The van der Waals surface area contributed by atoms with Crippen LogP contribution in [0.4, 0.5) is 0 Å². The first-order valence-corrected chi connectivity index (χ1v) is 6.43. The van der Waals surface area contributed by atoms with Gasteiger partial charge < -0.3 is 10.5 Å². The molecule has 100 valence electrons. The molecule has 4 nitrogen and oxygen atoms in total. The second kappa shape index (κ2) is 7.41. The van der Waals surface area contributed by atoms with Crippen molar-refractivity contribution in [2.24, 2.45) is 5.73 Å². The lowest BCUT2D eigenvalue weighted by Crippen LogP contribution is -2.33. The summed E-state index contributed by atoms with van der Waals surface area (Å²) in [4.78, 5) is 6.82. The molecule has 5 heteroatoms. The summed E-state index contributed by atoms with van der Waals surface area (Å²) in [6.45, 7) is 6.82. The molecular formula is C13H21N3OS. The van der Waals surface area contributed by atoms with E-state index in [1.165, 1.54) is 0 Å². The van der Waals surface area contributed by atoms with E-state index in [4.69, 9.17) is 22.7 Å². The first kappa shape index (κ1) is 15.0. The van der Waals surface area contributed by atoms with Gasteiger partial charge in [0.1, 0.15) is 4.99 Å². The third-order valence-corrected chi connectivity index (χ3v) is 2.98. The summed E-state index contributed by atoms with van der Waals surface area (Å²) in [6.07, 6.45) is 1.75. The van der Waals surface area contributed by atoms with E-state index in [9.17, 15) is 0 Å². The summed E-state index contributed by atoms with van der Waals surface area (Å²) in [5.41, 5.74) is 7.43. The van der Waals surface area contributed by atoms with Crippen LogP contribution in [0.25, 0.3) is 0 Å². The molecule has 0 spiro atoms. The van der Waals surface area contributed by atoms with Gasteiger partial charge in [-0.3, -0.25) is 9.88 Å². The van der Waals surface area contributed by atoms with Crippen LogP contribution >= 0.6 is 12.2 Å². The van der Waals surface area contributed by atoms with Gasteiger partial charge in [0.2, 0.25) is 0 Å². The van der Waals surface area contributed by atoms with Crippen molar-refractivity contribution in [3.05, 3.63) is 29.6 Å². The Kier molecular flexibility index (Phi) is 6.18. The molecule has 1 heterocycles. The quantitative estimate of drug-likeness (QED) is 0.760. The van der Waals surface area contributed by atoms with Crippen LogP contribution in [0.2, 0.25) is 0 Å². The normalized spacial score (nSPS) is 11.2. The van der Waals surface area contributed by atoms with Crippen LogP contribution in [0.5, 0.6) is 0 Å². The van der Waals surface area contributed by atoms with Crippen LogP contribution in [0.15, 0.2) is 18.3 Å². The lowest BCUT2D eigenvalue weighted by molar-refractivity contribution is 0.125. The Morgan fingerprint density at radius 1 is 1.56 bits per heavy atom. The standard InChI is InChI=1S/C13H21N3OS/c1-10(2)16(6-7-17-3)9-11-4-5-15-12(8-11)13(14)18/h4-5,8,10H,6-7,9H2,1-3H3,(H2,14,18). The van der Waals surface area contributed by atoms with Gasteiger partial charge in [0.25, 0.3) is 0 Å². The first-order chi connectivity index (χ1) is 8.54. The smallest absolute Gasteiger partial charge is 0.122 e. The highest BCUT2D eigenvalue weighted by Gasteiger charge is 2.10.